The van der Waals surface area contributed by atoms with Crippen molar-refractivity contribution >= 4 is 12.9 Å². The van der Waals surface area contributed by atoms with Crippen molar-refractivity contribution < 1.29 is 51.8 Å². The Morgan fingerprint density at radius 1 is 1.00 bits per heavy atom. The second-order valence-electron chi connectivity index (χ2n) is 1.15. The van der Waals surface area contributed by atoms with Crippen molar-refractivity contribution in [3.63, 3.8) is 0 Å². The van der Waals surface area contributed by atoms with Crippen molar-refractivity contribution in [2.75, 3.05) is 13.2 Å². The summed E-state index contributed by atoms with van der Waals surface area (Å²) in [5, 5.41) is 0. The number of terminal acetylenes is 2. The molecule has 67 valence electrons. The van der Waals surface area contributed by atoms with Crippen LogP contribution in [-0.2, 0) is 51.8 Å². The molecule has 0 aliphatic carbocycles. The summed E-state index contributed by atoms with van der Waals surface area (Å²) in [5.41, 5.74) is 0. The minimum absolute atomic E-state index is 0. The summed E-state index contributed by atoms with van der Waals surface area (Å²) in [6.45, 7) is 2.39. The van der Waals surface area contributed by atoms with Gasteiger partial charge in [-0.3, -0.25) is 0 Å². The molecule has 0 saturated carbocycles. The van der Waals surface area contributed by atoms with Gasteiger partial charge in [-0.05, 0) is 0 Å². The predicted octanol–water partition coefficient (Wildman–Crippen LogP) is -0.596. The van der Waals surface area contributed by atoms with Gasteiger partial charge in [0.1, 0.15) is 13.2 Å². The van der Waals surface area contributed by atoms with Gasteiger partial charge < -0.3 is 19.1 Å². The number of ether oxygens (including phenoxy) is 2. The van der Waals surface area contributed by atoms with E-state index in [-0.39, 0.29) is 45.9 Å². The van der Waals surface area contributed by atoms with Gasteiger partial charge >= 0.3 is 0 Å². The first-order valence-corrected chi connectivity index (χ1v) is 2.68. The van der Waals surface area contributed by atoms with Crippen molar-refractivity contribution in [3.8, 4) is 24.7 Å². The van der Waals surface area contributed by atoms with Crippen molar-refractivity contribution in [1.29, 1.82) is 0 Å². The van der Waals surface area contributed by atoms with Gasteiger partial charge in [0.15, 0.2) is 0 Å². The first kappa shape index (κ1) is 18.1. The molecular weight excluding hydrogens is 249 g/mol. The molecular formula is C8H6O4Y-2. The molecule has 0 amide bonds. The molecule has 0 rings (SSSR count). The molecule has 0 unspecified atom stereocenters. The first-order chi connectivity index (χ1) is 5.83. The molecule has 5 heteroatoms. The summed E-state index contributed by atoms with van der Waals surface area (Å²) >= 11 is 0. The largest absolute Gasteiger partial charge is 0.644 e. The molecule has 0 saturated heterocycles. The van der Waals surface area contributed by atoms with E-state index in [0.717, 1.165) is 0 Å². The minimum atomic E-state index is 0. The zero-order chi connectivity index (χ0) is 9.66. The predicted molar refractivity (Wildman–Crippen MR) is 41.0 cm³/mol. The molecule has 0 bridgehead atoms. The molecule has 0 spiro atoms. The summed E-state index contributed by atoms with van der Waals surface area (Å²) in [7, 11) is 0. The quantitative estimate of drug-likeness (QED) is 0.382. The zero-order valence-corrected chi connectivity index (χ0v) is 9.62. The molecule has 0 aromatic heterocycles. The van der Waals surface area contributed by atoms with E-state index in [1.807, 2.05) is 0 Å². The van der Waals surface area contributed by atoms with Gasteiger partial charge in [0.25, 0.3) is 0 Å². The third-order valence-corrected chi connectivity index (χ3v) is 0.429. The van der Waals surface area contributed by atoms with E-state index in [1.54, 1.807) is 0 Å². The zero-order valence-electron chi connectivity index (χ0n) is 6.78. The fourth-order valence-corrected chi connectivity index (χ4v) is 0.142. The Hall–Kier alpha value is -0.836. The molecule has 0 heterocycles. The van der Waals surface area contributed by atoms with Crippen LogP contribution in [0.25, 0.3) is 0 Å². The fraction of sp³-hybridized carbons (Fsp3) is 0.250. The van der Waals surface area contributed by atoms with Crippen LogP contribution < -0.4 is 0 Å². The molecule has 0 aromatic carbocycles. The van der Waals surface area contributed by atoms with Crippen LogP contribution in [0.3, 0.4) is 0 Å². The second kappa shape index (κ2) is 22.5. The van der Waals surface area contributed by atoms with Gasteiger partial charge in [0.2, 0.25) is 0 Å². The summed E-state index contributed by atoms with van der Waals surface area (Å²) in [6.07, 6.45) is 9.32. The number of hydrogen-bond donors (Lipinski definition) is 0. The molecule has 0 aliphatic heterocycles. The number of rotatable bonds is 4. The Labute approximate surface area is 102 Å². The van der Waals surface area contributed by atoms with Gasteiger partial charge in [-0.2, -0.15) is 0 Å². The van der Waals surface area contributed by atoms with Gasteiger partial charge in [-0.15, -0.1) is 12.8 Å². The maximum Gasteiger partial charge on any atom is 0.112 e. The number of carbonyl (C=O) groups excluding carboxylic acids is 2. The molecule has 4 nitrogen and oxygen atoms in total. The van der Waals surface area contributed by atoms with Crippen LogP contribution >= 0.6 is 0 Å². The standard InChI is InChI=1S/2C4H3O2.Y/c2*1-2-3-6-4-5;/h2*1H,3H2;/q2*-1;. The van der Waals surface area contributed by atoms with Crippen LogP contribution in [0.4, 0.5) is 0 Å². The molecule has 1 radical (unpaired) electrons. The monoisotopic (exact) mass is 255 g/mol. The smallest absolute Gasteiger partial charge is 0.112 e. The van der Waals surface area contributed by atoms with Crippen LogP contribution in [-0.4, -0.2) is 26.2 Å². The molecule has 0 aliphatic rings. The molecule has 0 atom stereocenters. The van der Waals surface area contributed by atoms with E-state index in [0.29, 0.717) is 0 Å². The van der Waals surface area contributed by atoms with Crippen molar-refractivity contribution in [2.45, 2.75) is 0 Å². The summed E-state index contributed by atoms with van der Waals surface area (Å²) in [6, 6.07) is 0. The summed E-state index contributed by atoms with van der Waals surface area (Å²) < 4.78 is 7.88. The maximum absolute atomic E-state index is 9.12. The second-order valence-corrected chi connectivity index (χ2v) is 1.15. The summed E-state index contributed by atoms with van der Waals surface area (Å²) in [4.78, 5) is 18.2. The Morgan fingerprint density at radius 3 is 1.38 bits per heavy atom. The van der Waals surface area contributed by atoms with Crippen molar-refractivity contribution in [2.24, 2.45) is 0 Å². The summed E-state index contributed by atoms with van der Waals surface area (Å²) in [5.74, 6) is 4.17. The van der Waals surface area contributed by atoms with Crippen molar-refractivity contribution in [1.82, 2.24) is 0 Å². The third-order valence-electron chi connectivity index (χ3n) is 0.429. The third kappa shape index (κ3) is 35.2. The van der Waals surface area contributed by atoms with Crippen LogP contribution in [0.5, 0.6) is 0 Å². The van der Waals surface area contributed by atoms with Crippen molar-refractivity contribution in [3.05, 3.63) is 0 Å². The number of hydrogen-bond acceptors (Lipinski definition) is 4. The van der Waals surface area contributed by atoms with Gasteiger partial charge in [-0.1, -0.05) is 24.8 Å². The normalized spacial score (nSPS) is 5.38. The van der Waals surface area contributed by atoms with E-state index >= 15 is 0 Å². The SMILES string of the molecule is C#CCO[C-]=O.C#CCO[C-]=O.[Y]. The van der Waals surface area contributed by atoms with Crippen LogP contribution in [0.1, 0.15) is 0 Å². The van der Waals surface area contributed by atoms with E-state index in [9.17, 15) is 0 Å². The van der Waals surface area contributed by atoms with E-state index < -0.39 is 0 Å². The van der Waals surface area contributed by atoms with Gasteiger partial charge in [0.05, 0.1) is 0 Å². The van der Waals surface area contributed by atoms with E-state index in [1.165, 1.54) is 12.9 Å². The van der Waals surface area contributed by atoms with Gasteiger partial charge in [-0.25, -0.2) is 0 Å². The van der Waals surface area contributed by atoms with Gasteiger partial charge in [0, 0.05) is 32.7 Å². The fourth-order valence-electron chi connectivity index (χ4n) is 0.142. The van der Waals surface area contributed by atoms with Crippen LogP contribution in [0.15, 0.2) is 0 Å². The molecule has 13 heavy (non-hydrogen) atoms. The first-order valence-electron chi connectivity index (χ1n) is 2.68. The topological polar surface area (TPSA) is 52.6 Å². The molecule has 0 fully saturated rings. The Bertz CT molecular complexity index is 167. The minimum Gasteiger partial charge on any atom is -0.644 e. The molecule has 0 N–H and O–H groups in total. The Morgan fingerprint density at radius 2 is 1.31 bits per heavy atom. The Kier molecular flexibility index (Phi) is 31.2. The van der Waals surface area contributed by atoms with E-state index in [4.69, 9.17) is 9.59 Å². The average Bonchev–Trinajstić information content (AvgIpc) is 2.12. The maximum atomic E-state index is 9.12. The van der Waals surface area contributed by atoms with Crippen LogP contribution in [0, 0.1) is 24.7 Å². The Balaban J connectivity index is -0.000000143. The van der Waals surface area contributed by atoms with Crippen LogP contribution in [0.2, 0.25) is 0 Å². The average molecular weight is 255 g/mol. The van der Waals surface area contributed by atoms with E-state index in [2.05, 4.69) is 34.2 Å². The molecule has 0 aromatic rings.